The molecular formula is C20H20N2OS2. The lowest BCUT2D eigenvalue weighted by Gasteiger charge is -2.22. The number of hydrogen-bond donors (Lipinski definition) is 1. The Morgan fingerprint density at radius 1 is 1.12 bits per heavy atom. The van der Waals surface area contributed by atoms with E-state index >= 15 is 0 Å². The summed E-state index contributed by atoms with van der Waals surface area (Å²) >= 11 is 6.76. The summed E-state index contributed by atoms with van der Waals surface area (Å²) in [5.41, 5.74) is 2.22. The average Bonchev–Trinajstić information content (AvgIpc) is 2.91. The van der Waals surface area contributed by atoms with E-state index in [2.05, 4.69) is 24.4 Å². The van der Waals surface area contributed by atoms with Crippen LogP contribution in [0.1, 0.15) is 30.5 Å². The molecule has 1 N–H and O–H groups in total. The molecule has 5 heteroatoms. The van der Waals surface area contributed by atoms with Gasteiger partial charge in [-0.3, -0.25) is 15.0 Å². The summed E-state index contributed by atoms with van der Waals surface area (Å²) in [5, 5.41) is 3.45. The first-order valence-electron chi connectivity index (χ1n) is 8.27. The summed E-state index contributed by atoms with van der Waals surface area (Å²) in [5.74, 6) is -0.0331. The maximum Gasteiger partial charge on any atom is 0.267 e. The number of amides is 1. The van der Waals surface area contributed by atoms with Crippen LogP contribution >= 0.6 is 24.0 Å². The van der Waals surface area contributed by atoms with E-state index in [0.717, 1.165) is 12.0 Å². The van der Waals surface area contributed by atoms with E-state index in [1.165, 1.54) is 17.3 Å². The van der Waals surface area contributed by atoms with Gasteiger partial charge >= 0.3 is 0 Å². The molecule has 0 saturated carbocycles. The lowest BCUT2D eigenvalue weighted by molar-refractivity contribution is -0.122. The molecular weight excluding hydrogens is 348 g/mol. The van der Waals surface area contributed by atoms with Crippen LogP contribution in [0.5, 0.6) is 0 Å². The molecule has 1 atom stereocenters. The van der Waals surface area contributed by atoms with Crippen LogP contribution in [0.2, 0.25) is 0 Å². The van der Waals surface area contributed by atoms with Crippen molar-refractivity contribution in [2.24, 2.45) is 0 Å². The highest BCUT2D eigenvalue weighted by molar-refractivity contribution is 8.26. The fourth-order valence-corrected chi connectivity index (χ4v) is 3.98. The first-order chi connectivity index (χ1) is 12.2. The summed E-state index contributed by atoms with van der Waals surface area (Å²) in [7, 11) is 0. The zero-order valence-corrected chi connectivity index (χ0v) is 15.6. The number of thioether (sulfide) groups is 1. The van der Waals surface area contributed by atoms with Crippen LogP contribution in [0.25, 0.3) is 6.08 Å². The largest absolute Gasteiger partial charge is 0.293 e. The lowest BCUT2D eigenvalue weighted by Crippen LogP contribution is -2.38. The molecule has 1 fully saturated rings. The predicted molar refractivity (Wildman–Crippen MR) is 109 cm³/mol. The Hall–Kier alpha value is -1.95. The van der Waals surface area contributed by atoms with Crippen LogP contribution in [0.3, 0.4) is 0 Å². The molecule has 1 aliphatic heterocycles. The normalized spacial score (nSPS) is 17.3. The smallest absolute Gasteiger partial charge is 0.267 e. The summed E-state index contributed by atoms with van der Waals surface area (Å²) < 4.78 is 0.600. The third-order valence-corrected chi connectivity index (χ3v) is 5.45. The van der Waals surface area contributed by atoms with Gasteiger partial charge in [-0.15, -0.1) is 0 Å². The lowest BCUT2D eigenvalue weighted by atomic mass is 10.1. The Kier molecular flexibility index (Phi) is 6.02. The van der Waals surface area contributed by atoms with Gasteiger partial charge in [-0.25, -0.2) is 0 Å². The zero-order chi connectivity index (χ0) is 17.6. The first-order valence-corrected chi connectivity index (χ1v) is 9.50. The average molecular weight is 369 g/mol. The van der Waals surface area contributed by atoms with Crippen LogP contribution in [0.4, 0.5) is 0 Å². The van der Waals surface area contributed by atoms with Crippen LogP contribution in [-0.2, 0) is 4.79 Å². The van der Waals surface area contributed by atoms with Crippen molar-refractivity contribution in [2.45, 2.75) is 19.4 Å². The minimum absolute atomic E-state index is 0.0331. The van der Waals surface area contributed by atoms with Crippen molar-refractivity contribution < 1.29 is 4.79 Å². The number of nitrogens with one attached hydrogen (secondary N) is 1. The van der Waals surface area contributed by atoms with Gasteiger partial charge in [-0.05, 0) is 23.6 Å². The molecule has 0 spiro atoms. The van der Waals surface area contributed by atoms with Crippen LogP contribution in [-0.4, -0.2) is 21.8 Å². The molecule has 1 amide bonds. The van der Waals surface area contributed by atoms with Crippen molar-refractivity contribution in [2.75, 3.05) is 6.67 Å². The van der Waals surface area contributed by atoms with Gasteiger partial charge < -0.3 is 0 Å². The fourth-order valence-electron chi connectivity index (χ4n) is 2.72. The highest BCUT2D eigenvalue weighted by Crippen LogP contribution is 2.32. The van der Waals surface area contributed by atoms with E-state index in [9.17, 15) is 4.79 Å². The Labute approximate surface area is 158 Å². The molecule has 2 aromatic rings. The van der Waals surface area contributed by atoms with E-state index in [-0.39, 0.29) is 11.9 Å². The molecule has 0 radical (unpaired) electrons. The van der Waals surface area contributed by atoms with E-state index in [0.29, 0.717) is 15.9 Å². The molecule has 128 valence electrons. The number of carbonyl (C=O) groups is 1. The fraction of sp³-hybridized carbons (Fsp3) is 0.200. The molecule has 1 heterocycles. The second-order valence-corrected chi connectivity index (χ2v) is 7.43. The third-order valence-electron chi connectivity index (χ3n) is 4.08. The van der Waals surface area contributed by atoms with Gasteiger partial charge in [-0.1, -0.05) is 91.6 Å². The minimum atomic E-state index is -0.0331. The van der Waals surface area contributed by atoms with Crippen LogP contribution < -0.4 is 5.32 Å². The Morgan fingerprint density at radius 2 is 1.76 bits per heavy atom. The first kappa shape index (κ1) is 17.9. The topological polar surface area (TPSA) is 32.3 Å². The second-order valence-electron chi connectivity index (χ2n) is 5.75. The highest BCUT2D eigenvalue weighted by atomic mass is 32.2. The number of thiocarbonyl (C=S) groups is 1. The van der Waals surface area contributed by atoms with Crippen molar-refractivity contribution in [3.63, 3.8) is 0 Å². The molecule has 1 saturated heterocycles. The second kappa shape index (κ2) is 8.43. The Morgan fingerprint density at radius 3 is 2.40 bits per heavy atom. The zero-order valence-electron chi connectivity index (χ0n) is 14.0. The van der Waals surface area contributed by atoms with Gasteiger partial charge in [0.25, 0.3) is 5.91 Å². The van der Waals surface area contributed by atoms with Gasteiger partial charge in [0, 0.05) is 6.04 Å². The number of hydrogen-bond acceptors (Lipinski definition) is 4. The SMILES string of the molecule is CCC(NCN1C(=O)/C(=C/c2ccccc2)SC1=S)c1ccccc1. The number of benzene rings is 2. The molecule has 1 aliphatic rings. The van der Waals surface area contributed by atoms with E-state index < -0.39 is 0 Å². The molecule has 0 aromatic heterocycles. The number of nitrogens with zero attached hydrogens (tertiary/aromatic N) is 1. The standard InChI is InChI=1S/C20H20N2OS2/c1-2-17(16-11-7-4-8-12-16)21-14-22-19(23)18(25-20(22)24)13-15-9-5-3-6-10-15/h3-13,17,21H,2,14H2,1H3/b18-13-. The van der Waals surface area contributed by atoms with Gasteiger partial charge in [0.05, 0.1) is 11.6 Å². The summed E-state index contributed by atoms with van der Waals surface area (Å²) in [4.78, 5) is 15.0. The predicted octanol–water partition coefficient (Wildman–Crippen LogP) is 4.59. The maximum absolute atomic E-state index is 12.7. The van der Waals surface area contributed by atoms with E-state index in [1.54, 1.807) is 4.90 Å². The van der Waals surface area contributed by atoms with Gasteiger partial charge in [-0.2, -0.15) is 0 Å². The van der Waals surface area contributed by atoms with Crippen molar-refractivity contribution in [1.29, 1.82) is 0 Å². The Balaban J connectivity index is 1.68. The monoisotopic (exact) mass is 368 g/mol. The molecule has 2 aromatic carbocycles. The molecule has 0 aliphatic carbocycles. The maximum atomic E-state index is 12.7. The van der Waals surface area contributed by atoms with Crippen LogP contribution in [0, 0.1) is 0 Å². The van der Waals surface area contributed by atoms with E-state index in [1.807, 2.05) is 54.6 Å². The number of rotatable bonds is 6. The van der Waals surface area contributed by atoms with Crippen LogP contribution in [0.15, 0.2) is 65.6 Å². The molecule has 3 rings (SSSR count). The van der Waals surface area contributed by atoms with Gasteiger partial charge in [0.15, 0.2) is 0 Å². The minimum Gasteiger partial charge on any atom is -0.293 e. The van der Waals surface area contributed by atoms with Gasteiger partial charge in [0.1, 0.15) is 4.32 Å². The summed E-state index contributed by atoms with van der Waals surface area (Å²) in [6.07, 6.45) is 2.84. The molecule has 1 unspecified atom stereocenters. The van der Waals surface area contributed by atoms with Crippen molar-refractivity contribution in [3.05, 3.63) is 76.7 Å². The van der Waals surface area contributed by atoms with Crippen molar-refractivity contribution in [3.8, 4) is 0 Å². The highest BCUT2D eigenvalue weighted by Gasteiger charge is 2.32. The summed E-state index contributed by atoms with van der Waals surface area (Å²) in [6.45, 7) is 2.55. The van der Waals surface area contributed by atoms with Crippen molar-refractivity contribution >= 4 is 40.3 Å². The van der Waals surface area contributed by atoms with Gasteiger partial charge in [0.2, 0.25) is 0 Å². The third kappa shape index (κ3) is 4.37. The quantitative estimate of drug-likeness (QED) is 0.597. The molecule has 3 nitrogen and oxygen atoms in total. The summed E-state index contributed by atoms with van der Waals surface area (Å²) in [6, 6.07) is 20.3. The molecule has 0 bridgehead atoms. The Bertz CT molecular complexity index is 775. The van der Waals surface area contributed by atoms with E-state index in [4.69, 9.17) is 12.2 Å². The molecule has 25 heavy (non-hydrogen) atoms. The number of carbonyl (C=O) groups excluding carboxylic acids is 1. The van der Waals surface area contributed by atoms with Crippen molar-refractivity contribution in [1.82, 2.24) is 10.2 Å².